The van der Waals surface area contributed by atoms with Crippen LogP contribution in [0.15, 0.2) is 48.5 Å². The third-order valence-electron chi connectivity index (χ3n) is 6.87. The van der Waals surface area contributed by atoms with E-state index < -0.39 is 0 Å². The molecule has 1 aliphatic carbocycles. The lowest BCUT2D eigenvalue weighted by Gasteiger charge is -2.56. The van der Waals surface area contributed by atoms with Crippen LogP contribution < -0.4 is 4.90 Å². The van der Waals surface area contributed by atoms with Gasteiger partial charge >= 0.3 is 0 Å². The van der Waals surface area contributed by atoms with E-state index in [1.54, 1.807) is 11.1 Å². The first-order valence-electron chi connectivity index (χ1n) is 9.86. The molecule has 134 valence electrons. The number of fused-ring (bicyclic) bond motifs is 1. The molecular formula is C23H26N2O. The zero-order valence-corrected chi connectivity index (χ0v) is 15.4. The number of carbonyl (C=O) groups excluding carboxylic acids is 1. The van der Waals surface area contributed by atoms with Crippen LogP contribution in [0.1, 0.15) is 36.0 Å². The number of likely N-dealkylation sites (tertiary alicyclic amines) is 1. The number of aryl methyl sites for hydroxylation is 1. The van der Waals surface area contributed by atoms with Crippen LogP contribution in [0.25, 0.3) is 0 Å². The van der Waals surface area contributed by atoms with Gasteiger partial charge in [0.2, 0.25) is 5.91 Å². The van der Waals surface area contributed by atoms with Gasteiger partial charge in [0.15, 0.2) is 0 Å². The molecule has 0 saturated carbocycles. The molecule has 0 N–H and O–H groups in total. The van der Waals surface area contributed by atoms with Crippen molar-refractivity contribution >= 4 is 11.6 Å². The number of β-lactam (4-membered cyclic amide) rings is 1. The molecule has 0 aromatic heterocycles. The number of hydrogen-bond donors (Lipinski definition) is 0. The molecule has 1 unspecified atom stereocenters. The number of amides is 1. The summed E-state index contributed by atoms with van der Waals surface area (Å²) in [5, 5.41) is 0. The van der Waals surface area contributed by atoms with Gasteiger partial charge in [-0.1, -0.05) is 36.4 Å². The number of nitrogens with zero attached hydrogens (tertiary/aromatic N) is 2. The molecule has 2 aromatic carbocycles. The highest BCUT2D eigenvalue weighted by molar-refractivity contribution is 6.02. The first-order valence-corrected chi connectivity index (χ1v) is 9.86. The number of anilines is 1. The molecule has 0 bridgehead atoms. The van der Waals surface area contributed by atoms with Gasteiger partial charge in [0.05, 0.1) is 12.0 Å². The fourth-order valence-electron chi connectivity index (χ4n) is 5.38. The molecule has 1 atom stereocenters. The number of hydrogen-bond acceptors (Lipinski definition) is 2. The van der Waals surface area contributed by atoms with Crippen molar-refractivity contribution in [2.75, 3.05) is 18.0 Å². The van der Waals surface area contributed by atoms with Crippen LogP contribution >= 0.6 is 0 Å². The third kappa shape index (κ3) is 2.41. The summed E-state index contributed by atoms with van der Waals surface area (Å²) in [4.78, 5) is 17.1. The summed E-state index contributed by atoms with van der Waals surface area (Å²) in [5.74, 6) is 0.286. The van der Waals surface area contributed by atoms with Gasteiger partial charge in [0.25, 0.3) is 0 Å². The minimum absolute atomic E-state index is 0.0658. The maximum atomic E-state index is 12.3. The molecule has 0 radical (unpaired) electrons. The molecule has 3 heteroatoms. The minimum atomic E-state index is 0.0658. The lowest BCUT2D eigenvalue weighted by molar-refractivity contribution is -0.129. The predicted octanol–water partition coefficient (Wildman–Crippen LogP) is 3.73. The average molecular weight is 346 g/mol. The molecule has 1 spiro atoms. The van der Waals surface area contributed by atoms with Crippen LogP contribution in [0.3, 0.4) is 0 Å². The van der Waals surface area contributed by atoms with Crippen LogP contribution in [0, 0.1) is 6.92 Å². The first kappa shape index (κ1) is 16.1. The summed E-state index contributed by atoms with van der Waals surface area (Å²) in [6, 6.07) is 17.6. The third-order valence-corrected chi connectivity index (χ3v) is 6.87. The van der Waals surface area contributed by atoms with E-state index >= 15 is 0 Å². The zero-order chi connectivity index (χ0) is 17.7. The highest BCUT2D eigenvalue weighted by Crippen LogP contribution is 2.44. The molecule has 26 heavy (non-hydrogen) atoms. The van der Waals surface area contributed by atoms with Crippen LogP contribution in [0.2, 0.25) is 0 Å². The molecule has 3 aliphatic rings. The maximum Gasteiger partial charge on any atom is 0.229 e. The van der Waals surface area contributed by atoms with Gasteiger partial charge in [-0.3, -0.25) is 9.69 Å². The van der Waals surface area contributed by atoms with Crippen molar-refractivity contribution < 1.29 is 4.79 Å². The molecule has 2 aromatic rings. The standard InChI is InChI=1S/C23H26N2O/c1-17-6-5-7-18-14-20(15-21(17)18)24-12-10-23(11-13-24)16-22(26)25(23)19-8-3-2-4-9-19/h2-9,20H,10-16H2,1H3. The van der Waals surface area contributed by atoms with Gasteiger partial charge in [-0.15, -0.1) is 0 Å². The Morgan fingerprint density at radius 1 is 0.962 bits per heavy atom. The van der Waals surface area contributed by atoms with Gasteiger partial charge in [0, 0.05) is 24.8 Å². The largest absolute Gasteiger partial charge is 0.306 e. The second-order valence-corrected chi connectivity index (χ2v) is 8.28. The van der Waals surface area contributed by atoms with E-state index in [1.807, 2.05) is 18.2 Å². The number of benzene rings is 2. The van der Waals surface area contributed by atoms with Crippen molar-refractivity contribution in [3.63, 3.8) is 0 Å². The quantitative estimate of drug-likeness (QED) is 0.774. The van der Waals surface area contributed by atoms with Crippen LogP contribution in [-0.2, 0) is 17.6 Å². The smallest absolute Gasteiger partial charge is 0.229 e. The number of para-hydroxylation sites is 1. The first-order chi connectivity index (χ1) is 12.7. The van der Waals surface area contributed by atoms with E-state index in [1.165, 1.54) is 18.4 Å². The van der Waals surface area contributed by atoms with E-state index in [0.717, 1.165) is 38.0 Å². The Kier molecular flexibility index (Phi) is 3.68. The molecule has 2 aliphatic heterocycles. The maximum absolute atomic E-state index is 12.3. The fourth-order valence-corrected chi connectivity index (χ4v) is 5.38. The van der Waals surface area contributed by atoms with Gasteiger partial charge in [-0.2, -0.15) is 0 Å². The molecule has 2 saturated heterocycles. The van der Waals surface area contributed by atoms with Crippen molar-refractivity contribution in [1.29, 1.82) is 0 Å². The fraction of sp³-hybridized carbons (Fsp3) is 0.435. The van der Waals surface area contributed by atoms with Crippen LogP contribution in [-0.4, -0.2) is 35.5 Å². The van der Waals surface area contributed by atoms with Crippen molar-refractivity contribution in [3.8, 4) is 0 Å². The zero-order valence-electron chi connectivity index (χ0n) is 15.4. The topological polar surface area (TPSA) is 23.6 Å². The highest BCUT2D eigenvalue weighted by atomic mass is 16.2. The molecule has 3 nitrogen and oxygen atoms in total. The Hall–Kier alpha value is -2.13. The summed E-state index contributed by atoms with van der Waals surface area (Å²) in [5.41, 5.74) is 5.69. The average Bonchev–Trinajstić information content (AvgIpc) is 3.08. The summed E-state index contributed by atoms with van der Waals surface area (Å²) in [6.07, 6.45) is 5.29. The Morgan fingerprint density at radius 2 is 1.73 bits per heavy atom. The predicted molar refractivity (Wildman–Crippen MR) is 104 cm³/mol. The SMILES string of the molecule is Cc1cccc2c1CC(N1CCC3(CC1)CC(=O)N3c1ccccc1)C2. The Morgan fingerprint density at radius 3 is 2.42 bits per heavy atom. The number of rotatable bonds is 2. The molecule has 5 rings (SSSR count). The lowest BCUT2D eigenvalue weighted by Crippen LogP contribution is -2.68. The van der Waals surface area contributed by atoms with E-state index in [9.17, 15) is 4.79 Å². The van der Waals surface area contributed by atoms with Gasteiger partial charge < -0.3 is 4.90 Å². The summed E-state index contributed by atoms with van der Waals surface area (Å²) < 4.78 is 0. The van der Waals surface area contributed by atoms with E-state index in [-0.39, 0.29) is 11.4 Å². The number of carbonyl (C=O) groups is 1. The Bertz CT molecular complexity index is 837. The summed E-state index contributed by atoms with van der Waals surface area (Å²) in [6.45, 7) is 4.45. The molecule has 2 fully saturated rings. The second-order valence-electron chi connectivity index (χ2n) is 8.28. The van der Waals surface area contributed by atoms with Gasteiger partial charge in [-0.25, -0.2) is 0 Å². The van der Waals surface area contributed by atoms with Crippen LogP contribution in [0.4, 0.5) is 5.69 Å². The number of piperidine rings is 1. The lowest BCUT2D eigenvalue weighted by atomic mass is 9.75. The van der Waals surface area contributed by atoms with Crippen molar-refractivity contribution in [1.82, 2.24) is 4.90 Å². The van der Waals surface area contributed by atoms with Crippen molar-refractivity contribution in [2.45, 2.75) is 50.6 Å². The van der Waals surface area contributed by atoms with Crippen molar-refractivity contribution in [2.24, 2.45) is 0 Å². The molecule has 2 heterocycles. The monoisotopic (exact) mass is 346 g/mol. The van der Waals surface area contributed by atoms with Crippen LogP contribution in [0.5, 0.6) is 0 Å². The van der Waals surface area contributed by atoms with E-state index in [2.05, 4.69) is 47.1 Å². The summed E-state index contributed by atoms with van der Waals surface area (Å²) >= 11 is 0. The van der Waals surface area contributed by atoms with Crippen molar-refractivity contribution in [3.05, 3.63) is 65.2 Å². The normalized spacial score (nSPS) is 24.6. The van der Waals surface area contributed by atoms with Gasteiger partial charge in [0.1, 0.15) is 0 Å². The Labute approximate surface area is 155 Å². The molecule has 1 amide bonds. The summed E-state index contributed by atoms with van der Waals surface area (Å²) in [7, 11) is 0. The highest BCUT2D eigenvalue weighted by Gasteiger charge is 2.53. The van der Waals surface area contributed by atoms with E-state index in [4.69, 9.17) is 0 Å². The van der Waals surface area contributed by atoms with E-state index in [0.29, 0.717) is 6.04 Å². The van der Waals surface area contributed by atoms with Gasteiger partial charge in [-0.05, 0) is 61.4 Å². The second kappa shape index (κ2) is 5.95. The molecular weight excluding hydrogens is 320 g/mol. The minimum Gasteiger partial charge on any atom is -0.306 e. The Balaban J connectivity index is 1.29.